The Morgan fingerprint density at radius 3 is 2.69 bits per heavy atom. The van der Waals surface area contributed by atoms with Gasteiger partial charge in [-0.25, -0.2) is 9.37 Å². The third-order valence-corrected chi connectivity index (χ3v) is 4.49. The highest BCUT2D eigenvalue weighted by molar-refractivity contribution is 14.0. The van der Waals surface area contributed by atoms with Gasteiger partial charge in [-0.15, -0.1) is 24.0 Å². The van der Waals surface area contributed by atoms with E-state index < -0.39 is 0 Å². The summed E-state index contributed by atoms with van der Waals surface area (Å²) in [7, 11) is 1.71. The molecule has 0 bridgehead atoms. The Hall–Kier alpha value is -2.36. The summed E-state index contributed by atoms with van der Waals surface area (Å²) in [5.41, 5.74) is 2.98. The van der Waals surface area contributed by atoms with Crippen molar-refractivity contribution >= 4 is 35.6 Å². The lowest BCUT2D eigenvalue weighted by Gasteiger charge is -2.20. The molecule has 8 heteroatoms. The van der Waals surface area contributed by atoms with Gasteiger partial charge in [0.05, 0.1) is 18.8 Å². The van der Waals surface area contributed by atoms with Crippen LogP contribution in [0.5, 0.6) is 5.75 Å². The first-order valence-corrected chi connectivity index (χ1v) is 9.40. The maximum Gasteiger partial charge on any atom is 0.191 e. The molecule has 0 amide bonds. The van der Waals surface area contributed by atoms with Crippen LogP contribution in [0.3, 0.4) is 0 Å². The van der Waals surface area contributed by atoms with Crippen molar-refractivity contribution in [3.63, 3.8) is 0 Å². The molecule has 0 aliphatic heterocycles. The lowest BCUT2D eigenvalue weighted by Crippen LogP contribution is -2.42. The molecule has 2 aromatic heterocycles. The van der Waals surface area contributed by atoms with E-state index >= 15 is 0 Å². The fraction of sp³-hybridized carbons (Fsp3) is 0.333. The number of para-hydroxylation sites is 1. The first-order valence-electron chi connectivity index (χ1n) is 9.40. The van der Waals surface area contributed by atoms with Crippen molar-refractivity contribution in [3.8, 4) is 5.75 Å². The molecule has 0 aliphatic rings. The molecular weight excluding hydrogens is 484 g/mol. The summed E-state index contributed by atoms with van der Waals surface area (Å²) in [5, 5.41) is 6.49. The number of rotatable bonds is 7. The number of aryl methyl sites for hydroxylation is 1. The fourth-order valence-electron chi connectivity index (χ4n) is 2.88. The highest BCUT2D eigenvalue weighted by Gasteiger charge is 2.12. The summed E-state index contributed by atoms with van der Waals surface area (Å²) >= 11 is 0. The Labute approximate surface area is 187 Å². The number of hydrogen-bond donors (Lipinski definition) is 2. The molecule has 3 aromatic rings. The second-order valence-corrected chi connectivity index (χ2v) is 6.51. The van der Waals surface area contributed by atoms with Crippen LogP contribution in [0.2, 0.25) is 0 Å². The zero-order valence-corrected chi connectivity index (χ0v) is 19.2. The van der Waals surface area contributed by atoms with Gasteiger partial charge in [-0.05, 0) is 37.6 Å². The van der Waals surface area contributed by atoms with Gasteiger partial charge >= 0.3 is 0 Å². The minimum absolute atomic E-state index is 0. The number of aromatic nitrogens is 2. The molecule has 0 fully saturated rings. The molecule has 0 spiro atoms. The highest BCUT2D eigenvalue weighted by Crippen LogP contribution is 2.17. The predicted molar refractivity (Wildman–Crippen MR) is 125 cm³/mol. The van der Waals surface area contributed by atoms with E-state index in [2.05, 4.69) is 25.0 Å². The van der Waals surface area contributed by atoms with E-state index in [1.54, 1.807) is 25.2 Å². The third kappa shape index (κ3) is 6.06. The van der Waals surface area contributed by atoms with E-state index in [4.69, 9.17) is 4.74 Å². The molecule has 0 radical (unpaired) electrons. The molecule has 1 unspecified atom stereocenters. The van der Waals surface area contributed by atoms with E-state index in [9.17, 15) is 4.39 Å². The zero-order valence-electron chi connectivity index (χ0n) is 16.9. The minimum atomic E-state index is -0.356. The number of hydrogen-bond acceptors (Lipinski definition) is 3. The van der Waals surface area contributed by atoms with Crippen molar-refractivity contribution in [2.24, 2.45) is 4.99 Å². The van der Waals surface area contributed by atoms with Gasteiger partial charge in [0.1, 0.15) is 11.8 Å². The van der Waals surface area contributed by atoms with Crippen LogP contribution in [0.15, 0.2) is 53.7 Å². The number of pyridine rings is 1. The van der Waals surface area contributed by atoms with Crippen LogP contribution < -0.4 is 15.4 Å². The van der Waals surface area contributed by atoms with Crippen molar-refractivity contribution in [2.45, 2.75) is 32.9 Å². The number of imidazole rings is 1. The maximum absolute atomic E-state index is 13.8. The van der Waals surface area contributed by atoms with Crippen LogP contribution in [0.25, 0.3) is 5.65 Å². The average molecular weight is 511 g/mol. The van der Waals surface area contributed by atoms with Crippen LogP contribution in [-0.2, 0) is 6.54 Å². The molecule has 6 nitrogen and oxygen atoms in total. The molecule has 1 atom stereocenters. The Balaban J connectivity index is 0.00000300. The molecule has 1 aromatic carbocycles. The molecule has 29 heavy (non-hydrogen) atoms. The molecule has 3 rings (SSSR count). The standard InChI is InChI=1S/C21H26FN5O.HI/c1-4-17(28-19-10-6-5-9-18(19)22)13-25-21(23-3)24-12-16-14-27-15(2)8-7-11-20(27)26-16;/h5-11,14,17H,4,12-13H2,1-3H3,(H2,23,24,25);1H. The van der Waals surface area contributed by atoms with Crippen LogP contribution in [-0.4, -0.2) is 35.0 Å². The Morgan fingerprint density at radius 2 is 2.00 bits per heavy atom. The summed E-state index contributed by atoms with van der Waals surface area (Å²) in [4.78, 5) is 8.84. The summed E-state index contributed by atoms with van der Waals surface area (Å²) in [6.07, 6.45) is 2.58. The normalized spacial score (nSPS) is 12.3. The number of nitrogens with one attached hydrogen (secondary N) is 2. The third-order valence-electron chi connectivity index (χ3n) is 4.49. The van der Waals surface area contributed by atoms with Crippen molar-refractivity contribution in [1.29, 1.82) is 0 Å². The Bertz CT molecular complexity index is 959. The van der Waals surface area contributed by atoms with E-state index in [1.165, 1.54) is 6.07 Å². The number of halogens is 2. The van der Waals surface area contributed by atoms with E-state index in [0.717, 1.165) is 23.5 Å². The highest BCUT2D eigenvalue weighted by atomic mass is 127. The number of fused-ring (bicyclic) bond motifs is 1. The fourth-order valence-corrected chi connectivity index (χ4v) is 2.88. The summed E-state index contributed by atoms with van der Waals surface area (Å²) in [5.74, 6) is 0.550. The molecule has 0 saturated heterocycles. The van der Waals surface area contributed by atoms with Crippen molar-refractivity contribution in [3.05, 3.63) is 65.9 Å². The van der Waals surface area contributed by atoms with Crippen molar-refractivity contribution in [2.75, 3.05) is 13.6 Å². The smallest absolute Gasteiger partial charge is 0.191 e. The van der Waals surface area contributed by atoms with E-state index in [1.807, 2.05) is 38.2 Å². The second kappa shape index (κ2) is 11.0. The summed E-state index contributed by atoms with van der Waals surface area (Å²) in [6, 6.07) is 12.5. The summed E-state index contributed by atoms with van der Waals surface area (Å²) in [6.45, 7) is 5.11. The molecule has 156 valence electrons. The Kier molecular flexibility index (Phi) is 8.69. The lowest BCUT2D eigenvalue weighted by molar-refractivity contribution is 0.191. The number of ether oxygens (including phenoxy) is 1. The van der Waals surface area contributed by atoms with Crippen molar-refractivity contribution in [1.82, 2.24) is 20.0 Å². The van der Waals surface area contributed by atoms with Gasteiger partial charge in [0.25, 0.3) is 0 Å². The van der Waals surface area contributed by atoms with Crippen LogP contribution in [0.1, 0.15) is 24.7 Å². The summed E-state index contributed by atoms with van der Waals surface area (Å²) < 4.78 is 21.6. The van der Waals surface area contributed by atoms with Crippen LogP contribution in [0.4, 0.5) is 4.39 Å². The number of benzene rings is 1. The minimum Gasteiger partial charge on any atom is -0.486 e. The molecule has 0 saturated carbocycles. The van der Waals surface area contributed by atoms with Crippen LogP contribution in [0, 0.1) is 12.7 Å². The largest absolute Gasteiger partial charge is 0.486 e. The predicted octanol–water partition coefficient (Wildman–Crippen LogP) is 3.92. The number of aliphatic imine (C=N–C) groups is 1. The monoisotopic (exact) mass is 511 g/mol. The van der Waals surface area contributed by atoms with Gasteiger partial charge in [0, 0.05) is 18.9 Å². The van der Waals surface area contributed by atoms with Gasteiger partial charge in [-0.2, -0.15) is 0 Å². The topological polar surface area (TPSA) is 63.0 Å². The molecule has 0 aliphatic carbocycles. The van der Waals surface area contributed by atoms with Gasteiger partial charge in [-0.1, -0.05) is 25.1 Å². The SMILES string of the molecule is CCC(CNC(=NC)NCc1cn2c(C)cccc2n1)Oc1ccccc1F.I. The maximum atomic E-state index is 13.8. The molecular formula is C21H27FIN5O. The van der Waals surface area contributed by atoms with Gasteiger partial charge < -0.3 is 19.8 Å². The first-order chi connectivity index (χ1) is 13.6. The van der Waals surface area contributed by atoms with Gasteiger partial charge in [-0.3, -0.25) is 4.99 Å². The van der Waals surface area contributed by atoms with E-state index in [-0.39, 0.29) is 41.6 Å². The van der Waals surface area contributed by atoms with Gasteiger partial charge in [0.2, 0.25) is 0 Å². The van der Waals surface area contributed by atoms with Gasteiger partial charge in [0.15, 0.2) is 17.5 Å². The molecule has 2 heterocycles. The molecule has 2 N–H and O–H groups in total. The Morgan fingerprint density at radius 1 is 1.21 bits per heavy atom. The van der Waals surface area contributed by atoms with Crippen LogP contribution >= 0.6 is 24.0 Å². The van der Waals surface area contributed by atoms with E-state index in [0.29, 0.717) is 19.0 Å². The quantitative estimate of drug-likeness (QED) is 0.287. The van der Waals surface area contributed by atoms with Crippen molar-refractivity contribution < 1.29 is 9.13 Å². The average Bonchev–Trinajstić information content (AvgIpc) is 3.13. The number of guanidine groups is 1. The first kappa shape index (κ1) is 22.9. The second-order valence-electron chi connectivity index (χ2n) is 6.51. The number of nitrogens with zero attached hydrogens (tertiary/aromatic N) is 3. The zero-order chi connectivity index (χ0) is 19.9. The lowest BCUT2D eigenvalue weighted by atomic mass is 10.2.